The summed E-state index contributed by atoms with van der Waals surface area (Å²) in [7, 11) is 6.99. The lowest BCUT2D eigenvalue weighted by atomic mass is 10.1. The summed E-state index contributed by atoms with van der Waals surface area (Å²) in [6.07, 6.45) is 2.09. The van der Waals surface area contributed by atoms with Crippen LogP contribution in [0.3, 0.4) is 0 Å². The lowest BCUT2D eigenvalue weighted by Crippen LogP contribution is -2.32. The molecule has 0 radical (unpaired) electrons. The quantitative estimate of drug-likeness (QED) is 0.177. The van der Waals surface area contributed by atoms with E-state index in [2.05, 4.69) is 11.4 Å². The van der Waals surface area contributed by atoms with Crippen molar-refractivity contribution in [1.29, 1.82) is 0 Å². The van der Waals surface area contributed by atoms with E-state index in [0.717, 1.165) is 60.1 Å². The van der Waals surface area contributed by atoms with Crippen molar-refractivity contribution >= 4 is 21.6 Å². The molecule has 7 nitrogen and oxygen atoms in total. The summed E-state index contributed by atoms with van der Waals surface area (Å²) in [5.74, 6) is 4.28. The Morgan fingerprint density at radius 1 is 0.914 bits per heavy atom. The van der Waals surface area contributed by atoms with Crippen LogP contribution in [0, 0.1) is 0 Å². The maximum absolute atomic E-state index is 10.2. The molecule has 0 aliphatic heterocycles. The van der Waals surface area contributed by atoms with Crippen LogP contribution in [-0.4, -0.2) is 76.4 Å². The van der Waals surface area contributed by atoms with Crippen LogP contribution in [0.5, 0.6) is 17.2 Å². The molecule has 35 heavy (non-hydrogen) atoms. The zero-order valence-corrected chi connectivity index (χ0v) is 22.5. The van der Waals surface area contributed by atoms with Crippen LogP contribution in [0.1, 0.15) is 17.5 Å². The van der Waals surface area contributed by atoms with E-state index in [-0.39, 0.29) is 6.61 Å². The number of benzene rings is 2. The molecule has 0 saturated heterocycles. The van der Waals surface area contributed by atoms with Gasteiger partial charge in [0, 0.05) is 31.7 Å². The van der Waals surface area contributed by atoms with Crippen LogP contribution in [0.4, 0.5) is 0 Å². The van der Waals surface area contributed by atoms with Crippen molar-refractivity contribution < 1.29 is 24.1 Å². The van der Waals surface area contributed by atoms with E-state index in [9.17, 15) is 5.11 Å². The van der Waals surface area contributed by atoms with Gasteiger partial charge in [0.15, 0.2) is 11.5 Å². The third-order valence-corrected chi connectivity index (χ3v) is 7.60. The molecule has 9 heteroatoms. The summed E-state index contributed by atoms with van der Waals surface area (Å²) in [5, 5.41) is 13.5. The average Bonchev–Trinajstić information content (AvgIpc) is 2.89. The molecule has 2 aromatic rings. The molecule has 0 aromatic heterocycles. The summed E-state index contributed by atoms with van der Waals surface area (Å²) < 4.78 is 22.2. The Bertz CT molecular complexity index is 811. The highest BCUT2D eigenvalue weighted by molar-refractivity contribution is 8.76. The third-order valence-electron chi connectivity index (χ3n) is 5.07. The first-order valence-electron chi connectivity index (χ1n) is 12.0. The van der Waals surface area contributed by atoms with Crippen molar-refractivity contribution in [2.75, 3.05) is 65.2 Å². The summed E-state index contributed by atoms with van der Waals surface area (Å²) in [4.78, 5) is 0. The SMILES string of the molecule is COCCc1ccc(OC[C@H](O)CNCCc2ccc(OCCCSSCCN)c(OC)c2)cc1. The number of aliphatic hydroxyl groups is 1. The first kappa shape index (κ1) is 29.6. The van der Waals surface area contributed by atoms with Gasteiger partial charge >= 0.3 is 0 Å². The Morgan fingerprint density at radius 3 is 2.43 bits per heavy atom. The van der Waals surface area contributed by atoms with Gasteiger partial charge in [0.25, 0.3) is 0 Å². The zero-order chi connectivity index (χ0) is 25.1. The standard InChI is InChI=1S/C26H40N2O5S2/c1-30-15-11-21-4-7-24(8-5-21)33-20-23(29)19-28-13-10-22-6-9-25(26(18-22)31-2)32-14-3-16-34-35-17-12-27/h4-9,18,23,28-29H,3,10-17,19-20,27H2,1-2H3/t23-/m1/s1. The second-order valence-electron chi connectivity index (χ2n) is 7.93. The number of ether oxygens (including phenoxy) is 4. The largest absolute Gasteiger partial charge is 0.493 e. The van der Waals surface area contributed by atoms with E-state index < -0.39 is 6.10 Å². The molecule has 196 valence electrons. The highest BCUT2D eigenvalue weighted by Crippen LogP contribution is 2.29. The van der Waals surface area contributed by atoms with Crippen LogP contribution in [0.15, 0.2) is 42.5 Å². The maximum Gasteiger partial charge on any atom is 0.161 e. The highest BCUT2D eigenvalue weighted by Gasteiger charge is 2.08. The lowest BCUT2D eigenvalue weighted by Gasteiger charge is -2.14. The van der Waals surface area contributed by atoms with Crippen LogP contribution in [0.2, 0.25) is 0 Å². The van der Waals surface area contributed by atoms with Gasteiger partial charge < -0.3 is 35.1 Å². The lowest BCUT2D eigenvalue weighted by molar-refractivity contribution is 0.106. The van der Waals surface area contributed by atoms with E-state index >= 15 is 0 Å². The van der Waals surface area contributed by atoms with E-state index in [1.807, 2.05) is 47.2 Å². The van der Waals surface area contributed by atoms with Crippen LogP contribution in [-0.2, 0) is 17.6 Å². The van der Waals surface area contributed by atoms with Gasteiger partial charge in [-0.1, -0.05) is 39.8 Å². The average molecular weight is 525 g/mol. The molecule has 0 unspecified atom stereocenters. The molecule has 0 heterocycles. The predicted octanol–water partition coefficient (Wildman–Crippen LogP) is 3.57. The molecule has 0 spiro atoms. The summed E-state index contributed by atoms with van der Waals surface area (Å²) in [6, 6.07) is 13.9. The van der Waals surface area contributed by atoms with Crippen molar-refractivity contribution in [2.45, 2.75) is 25.4 Å². The Morgan fingerprint density at radius 2 is 1.69 bits per heavy atom. The molecule has 0 fully saturated rings. The van der Waals surface area contributed by atoms with Crippen LogP contribution >= 0.6 is 21.6 Å². The van der Waals surface area contributed by atoms with Gasteiger partial charge in [-0.25, -0.2) is 0 Å². The molecule has 1 atom stereocenters. The highest BCUT2D eigenvalue weighted by atomic mass is 33.1. The Hall–Kier alpha value is -1.62. The third kappa shape index (κ3) is 12.8. The minimum atomic E-state index is -0.583. The van der Waals surface area contributed by atoms with Crippen molar-refractivity contribution in [3.63, 3.8) is 0 Å². The van der Waals surface area contributed by atoms with E-state index in [4.69, 9.17) is 24.7 Å². The first-order chi connectivity index (χ1) is 17.2. The maximum atomic E-state index is 10.2. The molecule has 2 aromatic carbocycles. The number of hydrogen-bond donors (Lipinski definition) is 3. The van der Waals surface area contributed by atoms with Gasteiger partial charge in [-0.3, -0.25) is 0 Å². The fraction of sp³-hybridized carbons (Fsp3) is 0.538. The number of hydrogen-bond acceptors (Lipinski definition) is 9. The Labute approximate surface area is 217 Å². The zero-order valence-electron chi connectivity index (χ0n) is 20.9. The van der Waals surface area contributed by atoms with Crippen molar-refractivity contribution in [2.24, 2.45) is 5.73 Å². The number of nitrogens with two attached hydrogens (primary N) is 1. The number of nitrogens with one attached hydrogen (secondary N) is 1. The van der Waals surface area contributed by atoms with Gasteiger partial charge in [-0.15, -0.1) is 0 Å². The smallest absolute Gasteiger partial charge is 0.161 e. The van der Waals surface area contributed by atoms with E-state index in [1.165, 1.54) is 5.56 Å². The molecule has 0 aliphatic carbocycles. The molecule has 2 rings (SSSR count). The van der Waals surface area contributed by atoms with Crippen LogP contribution in [0.25, 0.3) is 0 Å². The van der Waals surface area contributed by atoms with Crippen LogP contribution < -0.4 is 25.3 Å². The molecule has 0 aliphatic rings. The fourth-order valence-corrected chi connectivity index (χ4v) is 5.09. The normalized spacial score (nSPS) is 11.9. The number of rotatable bonds is 20. The number of methoxy groups -OCH3 is 2. The number of aliphatic hydroxyl groups excluding tert-OH is 1. The molecule has 0 amide bonds. The second kappa shape index (κ2) is 18.6. The van der Waals surface area contributed by atoms with E-state index in [0.29, 0.717) is 26.3 Å². The topological polar surface area (TPSA) is 95.2 Å². The Balaban J connectivity index is 1.62. The molecule has 0 saturated carbocycles. The van der Waals surface area contributed by atoms with Gasteiger partial charge in [0.2, 0.25) is 0 Å². The van der Waals surface area contributed by atoms with Gasteiger partial charge in [0.1, 0.15) is 18.5 Å². The second-order valence-corrected chi connectivity index (χ2v) is 10.6. The monoisotopic (exact) mass is 524 g/mol. The summed E-state index contributed by atoms with van der Waals surface area (Å²) in [5.41, 5.74) is 7.84. The molecule has 4 N–H and O–H groups in total. The first-order valence-corrected chi connectivity index (χ1v) is 14.5. The van der Waals surface area contributed by atoms with Crippen molar-refractivity contribution in [3.05, 3.63) is 53.6 Å². The van der Waals surface area contributed by atoms with E-state index in [1.54, 1.807) is 25.0 Å². The minimum Gasteiger partial charge on any atom is -0.493 e. The molecular formula is C26H40N2O5S2. The van der Waals surface area contributed by atoms with Gasteiger partial charge in [0.05, 0.1) is 20.3 Å². The Kier molecular flexibility index (Phi) is 15.8. The molecular weight excluding hydrogens is 484 g/mol. The predicted molar refractivity (Wildman–Crippen MR) is 147 cm³/mol. The molecule has 0 bridgehead atoms. The summed E-state index contributed by atoms with van der Waals surface area (Å²) in [6.45, 7) is 3.52. The van der Waals surface area contributed by atoms with Crippen molar-refractivity contribution in [1.82, 2.24) is 5.32 Å². The van der Waals surface area contributed by atoms with Crippen molar-refractivity contribution in [3.8, 4) is 17.2 Å². The van der Waals surface area contributed by atoms with Gasteiger partial charge in [-0.2, -0.15) is 0 Å². The van der Waals surface area contributed by atoms with Gasteiger partial charge in [-0.05, 0) is 61.2 Å². The minimum absolute atomic E-state index is 0.245. The summed E-state index contributed by atoms with van der Waals surface area (Å²) >= 11 is 0. The fourth-order valence-electron chi connectivity index (χ4n) is 3.18.